The molecule has 0 spiro atoms. The van der Waals surface area contributed by atoms with Crippen LogP contribution in [-0.4, -0.2) is 47.5 Å². The topological polar surface area (TPSA) is 69.8 Å². The maximum Gasteiger partial charge on any atom is 0.309 e. The average molecular weight is 1040 g/mol. The number of unbranched alkanes of at least 4 members (excludes halogenated alkanes) is 20. The third-order valence-corrected chi connectivity index (χ3v) is 17.4. The number of rotatable bonds is 34. The maximum atomic E-state index is 12.7. The van der Waals surface area contributed by atoms with Gasteiger partial charge in [-0.1, -0.05) is 278 Å². The highest BCUT2D eigenvalue weighted by atomic mass is 16.5. The van der Waals surface area contributed by atoms with Crippen molar-refractivity contribution in [1.29, 1.82) is 0 Å². The van der Waals surface area contributed by atoms with Crippen LogP contribution in [0.25, 0.3) is 43.1 Å². The number of carbonyl (C=O) groups is 2. The zero-order valence-corrected chi connectivity index (χ0v) is 47.6. The van der Waals surface area contributed by atoms with Gasteiger partial charge >= 0.3 is 5.97 Å². The van der Waals surface area contributed by atoms with Gasteiger partial charge in [0.2, 0.25) is 5.69 Å². The smallest absolute Gasteiger partial charge is 0.309 e. The lowest BCUT2D eigenvalue weighted by Gasteiger charge is -2.29. The number of carboxylic acid groups (broad SMARTS) is 1. The number of hydrogen-bond acceptors (Lipinski definition) is 4. The van der Waals surface area contributed by atoms with Crippen molar-refractivity contribution in [3.8, 4) is 0 Å². The van der Waals surface area contributed by atoms with Gasteiger partial charge in [-0.2, -0.15) is 4.58 Å². The molecule has 6 heteroatoms. The van der Waals surface area contributed by atoms with Crippen LogP contribution in [0.15, 0.2) is 133 Å². The van der Waals surface area contributed by atoms with Crippen LogP contribution in [0.4, 0.5) is 11.4 Å². The highest BCUT2D eigenvalue weighted by Gasteiger charge is 2.52. The van der Waals surface area contributed by atoms with E-state index in [0.717, 1.165) is 31.4 Å². The molecule has 0 aromatic heterocycles. The number of carboxylic acids is 1. The summed E-state index contributed by atoms with van der Waals surface area (Å²) >= 11 is 0. The number of nitrogens with zero attached hydrogens (tertiary/aromatic N) is 2. The second kappa shape index (κ2) is 28.6. The lowest BCUT2D eigenvalue weighted by Crippen LogP contribution is -2.35. The molecule has 0 saturated heterocycles. The van der Waals surface area contributed by atoms with Crippen LogP contribution in [0.1, 0.15) is 199 Å². The Labute approximate surface area is 462 Å². The molecule has 408 valence electrons. The van der Waals surface area contributed by atoms with E-state index in [1.165, 1.54) is 200 Å². The molecule has 1 unspecified atom stereocenters. The first-order valence-corrected chi connectivity index (χ1v) is 30.4. The van der Waals surface area contributed by atoms with Crippen molar-refractivity contribution in [1.82, 2.24) is 0 Å². The predicted octanol–water partition coefficient (Wildman–Crippen LogP) is 19.5. The molecule has 0 aliphatic carbocycles. The van der Waals surface area contributed by atoms with E-state index in [1.807, 2.05) is 0 Å². The molecule has 1 N–H and O–H groups in total. The molecule has 0 amide bonds. The fourth-order valence-corrected chi connectivity index (χ4v) is 13.6. The summed E-state index contributed by atoms with van der Waals surface area (Å²) in [5.74, 6) is -0.775. The molecule has 0 radical (unpaired) electrons. The van der Waals surface area contributed by atoms with Gasteiger partial charge in [-0.05, 0) is 62.9 Å². The Morgan fingerprint density at radius 3 is 1.47 bits per heavy atom. The zero-order chi connectivity index (χ0) is 53.9. The third kappa shape index (κ3) is 13.3. The largest absolute Gasteiger partial charge is 0.481 e. The van der Waals surface area contributed by atoms with Gasteiger partial charge in [0, 0.05) is 28.1 Å². The SMILES string of the molecule is CCCCCCCCCCCCCCCCC1(CCCCCCCCCC)C(/C=C/C=C/C=C2\N(CCOC=O)c3c(c4ccccc4c4ccccc34)C2(C)C)=[N+](CCC(=O)O)c2c1c1ccccc1c1ccccc21. The minimum absolute atomic E-state index is 0.0508. The molecule has 0 saturated carbocycles. The maximum absolute atomic E-state index is 12.7. The summed E-state index contributed by atoms with van der Waals surface area (Å²) in [6.45, 7) is 11.0. The van der Waals surface area contributed by atoms with Crippen molar-refractivity contribution >= 4 is 72.6 Å². The van der Waals surface area contributed by atoms with Gasteiger partial charge in [-0.3, -0.25) is 9.59 Å². The highest BCUT2D eigenvalue weighted by Crippen LogP contribution is 2.55. The standard InChI is InChI=1S/C71H90N2O4/c1-5-7-9-11-13-15-16-17-18-19-20-22-24-37-50-71(49-36-23-21-14-12-10-8-6-2)64(72(51-48-65(75)76)69-62-45-35-31-41-58(62)56-39-29-33-43-60(56)67(69)71)47-27-25-26-46-63-70(3,4)66-59-42-32-28-38-55(59)57-40-30-34-44-61(57)68(66)73(63)52-53-77-54-74/h25-35,38-47,54H,5-24,36-37,48-53H2,1-4H3/p+1. The van der Waals surface area contributed by atoms with Crippen molar-refractivity contribution in [2.45, 2.75) is 199 Å². The van der Waals surface area contributed by atoms with E-state index in [-0.39, 0.29) is 23.9 Å². The van der Waals surface area contributed by atoms with E-state index in [0.29, 0.717) is 19.6 Å². The molecular formula is C71H91N2O4+. The zero-order valence-electron chi connectivity index (χ0n) is 47.6. The Balaban J connectivity index is 1.16. The molecule has 6 aromatic rings. The molecule has 0 fully saturated rings. The van der Waals surface area contributed by atoms with E-state index >= 15 is 0 Å². The number of anilines is 1. The van der Waals surface area contributed by atoms with Crippen molar-refractivity contribution in [3.63, 3.8) is 0 Å². The summed E-state index contributed by atoms with van der Waals surface area (Å²) in [6, 6.07) is 35.3. The van der Waals surface area contributed by atoms with Gasteiger partial charge in [0.05, 0.1) is 23.0 Å². The first-order valence-electron chi connectivity index (χ1n) is 30.4. The van der Waals surface area contributed by atoms with Crippen LogP contribution in [0.3, 0.4) is 0 Å². The minimum atomic E-state index is -0.775. The third-order valence-electron chi connectivity index (χ3n) is 17.4. The molecule has 1 atom stereocenters. The number of benzene rings is 6. The number of hydrogen-bond donors (Lipinski definition) is 1. The van der Waals surface area contributed by atoms with Gasteiger partial charge in [-0.25, -0.2) is 0 Å². The Morgan fingerprint density at radius 2 is 0.974 bits per heavy atom. The lowest BCUT2D eigenvalue weighted by atomic mass is 9.68. The second-order valence-electron chi connectivity index (χ2n) is 23.0. The van der Waals surface area contributed by atoms with Crippen LogP contribution in [-0.2, 0) is 25.2 Å². The average Bonchev–Trinajstić information content (AvgIpc) is 3.85. The van der Waals surface area contributed by atoms with Crippen LogP contribution in [0.2, 0.25) is 0 Å². The number of aliphatic carboxylic acids is 1. The quantitative estimate of drug-likeness (QED) is 0.0143. The fourth-order valence-electron chi connectivity index (χ4n) is 13.6. The van der Waals surface area contributed by atoms with Crippen molar-refractivity contribution in [2.24, 2.45) is 0 Å². The van der Waals surface area contributed by atoms with Crippen LogP contribution < -0.4 is 4.90 Å². The Morgan fingerprint density at radius 1 is 0.545 bits per heavy atom. The minimum Gasteiger partial charge on any atom is -0.481 e. The fraction of sp³-hybridized carbons (Fsp3) is 0.479. The van der Waals surface area contributed by atoms with E-state index in [1.54, 1.807) is 0 Å². The Bertz CT molecular complexity index is 3050. The van der Waals surface area contributed by atoms with Crippen LogP contribution in [0.5, 0.6) is 0 Å². The summed E-state index contributed by atoms with van der Waals surface area (Å²) in [4.78, 5) is 26.6. The number of ether oxygens (including phenoxy) is 1. The predicted molar refractivity (Wildman–Crippen MR) is 328 cm³/mol. The lowest BCUT2D eigenvalue weighted by molar-refractivity contribution is -0.435. The monoisotopic (exact) mass is 1040 g/mol. The van der Waals surface area contributed by atoms with Gasteiger partial charge in [0.25, 0.3) is 6.47 Å². The normalized spacial score (nSPS) is 16.6. The summed E-state index contributed by atoms with van der Waals surface area (Å²) in [7, 11) is 0. The number of fused-ring (bicyclic) bond motifs is 12. The van der Waals surface area contributed by atoms with Crippen molar-refractivity contribution in [3.05, 3.63) is 144 Å². The second-order valence-corrected chi connectivity index (χ2v) is 23.0. The Hall–Kier alpha value is -6.01. The molecule has 0 bridgehead atoms. The molecule has 2 aliphatic rings. The van der Waals surface area contributed by atoms with Gasteiger partial charge in [-0.15, -0.1) is 0 Å². The van der Waals surface area contributed by atoms with Gasteiger partial charge in [0.15, 0.2) is 12.3 Å². The van der Waals surface area contributed by atoms with Crippen molar-refractivity contribution < 1.29 is 24.0 Å². The van der Waals surface area contributed by atoms with E-state index in [9.17, 15) is 14.7 Å². The van der Waals surface area contributed by atoms with Crippen LogP contribution >= 0.6 is 0 Å². The number of carbonyl (C=O) groups excluding carboxylic acids is 1. The molecule has 77 heavy (non-hydrogen) atoms. The summed E-state index contributed by atoms with van der Waals surface area (Å²) < 4.78 is 7.83. The number of allylic oxidation sites excluding steroid dienone is 6. The van der Waals surface area contributed by atoms with E-state index in [2.05, 4.69) is 165 Å². The Kier molecular flexibility index (Phi) is 21.2. The molecule has 6 aromatic carbocycles. The molecule has 8 rings (SSSR count). The van der Waals surface area contributed by atoms with E-state index in [4.69, 9.17) is 4.74 Å². The molecule has 2 heterocycles. The van der Waals surface area contributed by atoms with Crippen molar-refractivity contribution in [2.75, 3.05) is 24.6 Å². The summed E-state index contributed by atoms with van der Waals surface area (Å²) in [6.07, 6.45) is 42.0. The van der Waals surface area contributed by atoms with Gasteiger partial charge in [0.1, 0.15) is 13.0 Å². The van der Waals surface area contributed by atoms with Crippen LogP contribution in [0, 0.1) is 0 Å². The first kappa shape index (κ1) is 57.2. The molecule has 6 nitrogen and oxygen atoms in total. The first-order chi connectivity index (χ1) is 37.8. The molecule has 2 aliphatic heterocycles. The van der Waals surface area contributed by atoms with E-state index < -0.39 is 5.97 Å². The molecular weight excluding hydrogens is 945 g/mol. The summed E-state index contributed by atoms with van der Waals surface area (Å²) in [5, 5.41) is 20.3. The highest BCUT2D eigenvalue weighted by molar-refractivity contribution is 6.20. The summed E-state index contributed by atoms with van der Waals surface area (Å²) in [5.41, 5.74) is 6.80. The van der Waals surface area contributed by atoms with Gasteiger partial charge < -0.3 is 14.7 Å².